The van der Waals surface area contributed by atoms with Crippen LogP contribution in [0, 0.1) is 0 Å². The molecule has 0 aliphatic heterocycles. The van der Waals surface area contributed by atoms with E-state index in [2.05, 4.69) is 13.8 Å². The topological polar surface area (TPSA) is 80.3 Å². The zero-order valence-corrected chi connectivity index (χ0v) is 20.5. The van der Waals surface area contributed by atoms with Gasteiger partial charge in [-0.3, -0.25) is 0 Å². The number of aromatic carboxylic acids is 2. The molecule has 0 amide bonds. The molecule has 0 saturated carbocycles. The molecule has 0 heterocycles. The van der Waals surface area contributed by atoms with E-state index in [9.17, 15) is 19.8 Å². The quantitative estimate of drug-likeness (QED) is 0.225. The Kier molecular flexibility index (Phi) is 15.6. The molecule has 0 fully saturated rings. The van der Waals surface area contributed by atoms with Crippen molar-refractivity contribution in [2.75, 3.05) is 0 Å². The minimum atomic E-state index is -1.45. The van der Waals surface area contributed by atoms with Gasteiger partial charge in [-0.1, -0.05) is 128 Å². The highest BCUT2D eigenvalue weighted by molar-refractivity contribution is 6.01. The summed E-state index contributed by atoms with van der Waals surface area (Å²) in [6.45, 7) is 4.44. The van der Waals surface area contributed by atoms with Crippen molar-refractivity contribution in [2.45, 2.75) is 129 Å². The molecule has 32 heavy (non-hydrogen) atoms. The molecule has 0 aliphatic carbocycles. The molecule has 0 aromatic heterocycles. The Morgan fingerprint density at radius 1 is 0.656 bits per heavy atom. The van der Waals surface area contributed by atoms with Gasteiger partial charge < -0.3 is 19.8 Å². The van der Waals surface area contributed by atoms with Gasteiger partial charge in [0, 0.05) is 11.1 Å². The summed E-state index contributed by atoms with van der Waals surface area (Å²) in [5.74, 6) is -2.81. The fraction of sp³-hybridized carbons (Fsp3) is 0.714. The molecule has 0 saturated heterocycles. The molecule has 4 heteroatoms. The number of hydrogen-bond acceptors (Lipinski definition) is 4. The Morgan fingerprint density at radius 2 is 1.09 bits per heavy atom. The van der Waals surface area contributed by atoms with E-state index in [4.69, 9.17) is 0 Å². The molecule has 1 unspecified atom stereocenters. The maximum absolute atomic E-state index is 11.8. The lowest BCUT2D eigenvalue weighted by Gasteiger charge is -2.24. The van der Waals surface area contributed by atoms with Crippen molar-refractivity contribution < 1.29 is 19.8 Å². The summed E-state index contributed by atoms with van der Waals surface area (Å²) in [4.78, 5) is 23.3. The summed E-state index contributed by atoms with van der Waals surface area (Å²) >= 11 is 0. The van der Waals surface area contributed by atoms with Gasteiger partial charge in [-0.25, -0.2) is 0 Å². The number of carboxylic acids is 2. The number of hydrogen-bond donors (Lipinski definition) is 0. The summed E-state index contributed by atoms with van der Waals surface area (Å²) in [5.41, 5.74) is 0.170. The van der Waals surface area contributed by atoms with Gasteiger partial charge in [-0.05, 0) is 24.3 Å². The van der Waals surface area contributed by atoms with Crippen molar-refractivity contribution in [3.63, 3.8) is 0 Å². The van der Waals surface area contributed by atoms with Gasteiger partial charge in [0.05, 0.1) is 11.9 Å². The number of benzene rings is 1. The molecule has 0 radical (unpaired) electrons. The highest BCUT2D eigenvalue weighted by atomic mass is 16.4. The van der Waals surface area contributed by atoms with E-state index in [-0.39, 0.29) is 17.0 Å². The third kappa shape index (κ3) is 11.2. The Morgan fingerprint density at radius 3 is 1.50 bits per heavy atom. The van der Waals surface area contributed by atoms with Crippen LogP contribution in [0.3, 0.4) is 0 Å². The maximum atomic E-state index is 11.8. The minimum Gasteiger partial charge on any atom is -0.545 e. The molecule has 0 aliphatic rings. The fourth-order valence-electron chi connectivity index (χ4n) is 4.64. The monoisotopic (exact) mass is 444 g/mol. The van der Waals surface area contributed by atoms with Crippen molar-refractivity contribution in [1.82, 2.24) is 0 Å². The predicted octanol–water partition coefficient (Wildman–Crippen LogP) is 6.17. The van der Waals surface area contributed by atoms with Gasteiger partial charge in [0.15, 0.2) is 0 Å². The zero-order valence-electron chi connectivity index (χ0n) is 20.5. The third-order valence-electron chi connectivity index (χ3n) is 6.52. The van der Waals surface area contributed by atoms with E-state index in [1.54, 1.807) is 12.1 Å². The van der Waals surface area contributed by atoms with Gasteiger partial charge in [-0.15, -0.1) is 0 Å². The molecular formula is C28H44O4-2. The van der Waals surface area contributed by atoms with Crippen LogP contribution in [0.1, 0.15) is 155 Å². The average molecular weight is 445 g/mol. The first-order chi connectivity index (χ1) is 15.5. The van der Waals surface area contributed by atoms with Crippen molar-refractivity contribution in [2.24, 2.45) is 0 Å². The van der Waals surface area contributed by atoms with Crippen LogP contribution in [-0.2, 0) is 0 Å². The van der Waals surface area contributed by atoms with Crippen LogP contribution >= 0.6 is 0 Å². The second-order valence-electron chi connectivity index (χ2n) is 9.22. The number of carboxylic acid groups (broad SMARTS) is 2. The van der Waals surface area contributed by atoms with Crippen LogP contribution < -0.4 is 10.2 Å². The number of carbonyl (C=O) groups excluding carboxylic acids is 2. The van der Waals surface area contributed by atoms with Crippen molar-refractivity contribution in [3.8, 4) is 0 Å². The van der Waals surface area contributed by atoms with Gasteiger partial charge in [0.2, 0.25) is 0 Å². The molecule has 1 rings (SSSR count). The highest BCUT2D eigenvalue weighted by Crippen LogP contribution is 2.32. The Hall–Kier alpha value is -1.84. The summed E-state index contributed by atoms with van der Waals surface area (Å²) in [7, 11) is 0. The molecule has 1 aromatic carbocycles. The van der Waals surface area contributed by atoms with Crippen LogP contribution in [0.15, 0.2) is 18.2 Å². The summed E-state index contributed by atoms with van der Waals surface area (Å²) in [6, 6.07) is 4.72. The van der Waals surface area contributed by atoms with Crippen molar-refractivity contribution in [1.29, 1.82) is 0 Å². The zero-order chi connectivity index (χ0) is 23.6. The SMILES string of the molecule is CCCCCCCCCCC(CCCCCCCCC)c1cccc(C(=O)[O-])c1C(=O)[O-]. The average Bonchev–Trinajstić information content (AvgIpc) is 2.78. The smallest absolute Gasteiger partial charge is 0.0724 e. The van der Waals surface area contributed by atoms with E-state index in [0.29, 0.717) is 5.56 Å². The Labute approximate surface area is 195 Å². The summed E-state index contributed by atoms with van der Waals surface area (Å²) in [6.07, 6.45) is 20.0. The van der Waals surface area contributed by atoms with Crippen LogP contribution in [0.5, 0.6) is 0 Å². The predicted molar refractivity (Wildman–Crippen MR) is 128 cm³/mol. The van der Waals surface area contributed by atoms with Crippen LogP contribution in [0.2, 0.25) is 0 Å². The lowest BCUT2D eigenvalue weighted by molar-refractivity contribution is -0.259. The molecular weight excluding hydrogens is 400 g/mol. The van der Waals surface area contributed by atoms with Gasteiger partial charge in [0.1, 0.15) is 0 Å². The van der Waals surface area contributed by atoms with Crippen LogP contribution in [-0.4, -0.2) is 11.9 Å². The molecule has 182 valence electrons. The molecule has 1 aromatic rings. The molecule has 4 nitrogen and oxygen atoms in total. The van der Waals surface area contributed by atoms with E-state index in [0.717, 1.165) is 38.5 Å². The Bertz CT molecular complexity index is 653. The standard InChI is InChI=1S/C28H46O4/c1-3-5-7-9-11-13-15-17-20-23(19-16-14-12-10-8-6-4-2)24-21-18-22-25(27(29)30)26(24)28(31)32/h18,21-23H,3-17,19-20H2,1-2H3,(H,29,30)(H,31,32)/p-2. The maximum Gasteiger partial charge on any atom is 0.0724 e. The summed E-state index contributed by atoms with van der Waals surface area (Å²) < 4.78 is 0. The lowest BCUT2D eigenvalue weighted by atomic mass is 9.84. The first-order valence-corrected chi connectivity index (χ1v) is 13.1. The van der Waals surface area contributed by atoms with Gasteiger partial charge in [0.25, 0.3) is 0 Å². The largest absolute Gasteiger partial charge is 0.545 e. The van der Waals surface area contributed by atoms with E-state index in [1.165, 1.54) is 76.7 Å². The number of unbranched alkanes of at least 4 members (excludes halogenated alkanes) is 13. The lowest BCUT2D eigenvalue weighted by Crippen LogP contribution is -2.31. The minimum absolute atomic E-state index is 0.0536. The highest BCUT2D eigenvalue weighted by Gasteiger charge is 2.19. The molecule has 0 spiro atoms. The molecule has 0 bridgehead atoms. The first-order valence-electron chi connectivity index (χ1n) is 13.1. The van der Waals surface area contributed by atoms with Gasteiger partial charge in [-0.2, -0.15) is 0 Å². The van der Waals surface area contributed by atoms with Gasteiger partial charge >= 0.3 is 0 Å². The van der Waals surface area contributed by atoms with Crippen LogP contribution in [0.25, 0.3) is 0 Å². The van der Waals surface area contributed by atoms with Crippen molar-refractivity contribution >= 4 is 11.9 Å². The second kappa shape index (κ2) is 17.7. The second-order valence-corrected chi connectivity index (χ2v) is 9.22. The van der Waals surface area contributed by atoms with E-state index < -0.39 is 11.9 Å². The Balaban J connectivity index is 2.72. The fourth-order valence-corrected chi connectivity index (χ4v) is 4.64. The van der Waals surface area contributed by atoms with E-state index in [1.807, 2.05) is 0 Å². The molecule has 1 atom stereocenters. The third-order valence-corrected chi connectivity index (χ3v) is 6.52. The van der Waals surface area contributed by atoms with Crippen LogP contribution in [0.4, 0.5) is 0 Å². The van der Waals surface area contributed by atoms with Crippen molar-refractivity contribution in [3.05, 3.63) is 34.9 Å². The first kappa shape index (κ1) is 28.2. The summed E-state index contributed by atoms with van der Waals surface area (Å²) in [5, 5.41) is 23.3. The van der Waals surface area contributed by atoms with E-state index >= 15 is 0 Å². The number of rotatable bonds is 20. The number of carbonyl (C=O) groups is 2. The molecule has 0 N–H and O–H groups in total. The normalized spacial score (nSPS) is 12.1.